The quantitative estimate of drug-likeness (QED) is 0.589. The van der Waals surface area contributed by atoms with Crippen LogP contribution in [0.3, 0.4) is 0 Å². The molecular formula is C21H18ClN. The number of halogens is 1. The molecule has 0 aromatic heterocycles. The average molecular weight is 320 g/mol. The van der Waals surface area contributed by atoms with Crippen molar-refractivity contribution >= 4 is 23.4 Å². The molecule has 1 N–H and O–H groups in total. The first-order chi connectivity index (χ1) is 11.3. The van der Waals surface area contributed by atoms with Gasteiger partial charge < -0.3 is 5.32 Å². The zero-order valence-electron chi connectivity index (χ0n) is 12.7. The van der Waals surface area contributed by atoms with Gasteiger partial charge in [0.2, 0.25) is 0 Å². The molecule has 3 rings (SSSR count). The van der Waals surface area contributed by atoms with E-state index in [1.165, 1.54) is 5.56 Å². The van der Waals surface area contributed by atoms with Crippen LogP contribution in [0.4, 0.5) is 5.69 Å². The minimum Gasteiger partial charge on any atom is -0.375 e. The van der Waals surface area contributed by atoms with Crippen molar-refractivity contribution in [3.63, 3.8) is 0 Å². The highest BCUT2D eigenvalue weighted by atomic mass is 35.5. The van der Waals surface area contributed by atoms with E-state index >= 15 is 0 Å². The van der Waals surface area contributed by atoms with E-state index in [1.807, 2.05) is 48.5 Å². The fourth-order valence-electron chi connectivity index (χ4n) is 2.40. The first-order valence-corrected chi connectivity index (χ1v) is 7.99. The van der Waals surface area contributed by atoms with Gasteiger partial charge in [0.1, 0.15) is 0 Å². The average Bonchev–Trinajstić information content (AvgIpc) is 2.61. The van der Waals surface area contributed by atoms with Crippen molar-refractivity contribution in [2.24, 2.45) is 0 Å². The molecule has 0 bridgehead atoms. The van der Waals surface area contributed by atoms with Crippen molar-refractivity contribution in [2.45, 2.75) is 6.04 Å². The molecular weight excluding hydrogens is 302 g/mol. The van der Waals surface area contributed by atoms with Gasteiger partial charge in [0.15, 0.2) is 0 Å². The minimum atomic E-state index is 0.106. The predicted molar refractivity (Wildman–Crippen MR) is 99.7 cm³/mol. The van der Waals surface area contributed by atoms with Crippen LogP contribution < -0.4 is 5.32 Å². The Morgan fingerprint density at radius 1 is 0.739 bits per heavy atom. The second-order valence-electron chi connectivity index (χ2n) is 5.31. The molecule has 0 spiro atoms. The number of anilines is 1. The molecule has 1 unspecified atom stereocenters. The summed E-state index contributed by atoms with van der Waals surface area (Å²) in [4.78, 5) is 0. The van der Waals surface area contributed by atoms with Crippen molar-refractivity contribution in [1.29, 1.82) is 0 Å². The first kappa shape index (κ1) is 15.4. The molecule has 1 atom stereocenters. The predicted octanol–water partition coefficient (Wildman–Crippen LogP) is 6.21. The maximum absolute atomic E-state index is 5.94. The Bertz CT molecular complexity index is 749. The lowest BCUT2D eigenvalue weighted by molar-refractivity contribution is 0.990. The molecule has 2 heteroatoms. The molecule has 3 aromatic carbocycles. The molecule has 23 heavy (non-hydrogen) atoms. The number of hydrogen-bond donors (Lipinski definition) is 1. The van der Waals surface area contributed by atoms with E-state index in [2.05, 4.69) is 53.9 Å². The number of benzene rings is 3. The lowest BCUT2D eigenvalue weighted by Gasteiger charge is -2.17. The van der Waals surface area contributed by atoms with Gasteiger partial charge in [-0.05, 0) is 35.4 Å². The highest BCUT2D eigenvalue weighted by molar-refractivity contribution is 6.30. The van der Waals surface area contributed by atoms with E-state index in [0.717, 1.165) is 16.3 Å². The van der Waals surface area contributed by atoms with Crippen LogP contribution in [0, 0.1) is 0 Å². The van der Waals surface area contributed by atoms with E-state index in [4.69, 9.17) is 11.6 Å². The summed E-state index contributed by atoms with van der Waals surface area (Å²) in [7, 11) is 0. The van der Waals surface area contributed by atoms with Crippen LogP contribution in [0.2, 0.25) is 5.02 Å². The molecule has 0 heterocycles. The lowest BCUT2D eigenvalue weighted by atomic mass is 10.0. The maximum atomic E-state index is 5.94. The van der Waals surface area contributed by atoms with Crippen molar-refractivity contribution in [3.05, 3.63) is 107 Å². The van der Waals surface area contributed by atoms with E-state index in [9.17, 15) is 0 Å². The third-order valence-corrected chi connectivity index (χ3v) is 3.86. The van der Waals surface area contributed by atoms with E-state index in [-0.39, 0.29) is 6.04 Å². The van der Waals surface area contributed by atoms with Crippen LogP contribution >= 0.6 is 11.6 Å². The first-order valence-electron chi connectivity index (χ1n) is 7.61. The molecule has 1 nitrogen and oxygen atoms in total. The molecule has 0 fully saturated rings. The smallest absolute Gasteiger partial charge is 0.0701 e. The van der Waals surface area contributed by atoms with Gasteiger partial charge in [0.05, 0.1) is 6.04 Å². The van der Waals surface area contributed by atoms with Crippen LogP contribution in [0.15, 0.2) is 91.0 Å². The fourth-order valence-corrected chi connectivity index (χ4v) is 2.52. The summed E-state index contributed by atoms with van der Waals surface area (Å²) < 4.78 is 0. The molecule has 3 aromatic rings. The van der Waals surface area contributed by atoms with Crippen LogP contribution in [0.5, 0.6) is 0 Å². The molecule has 0 amide bonds. The third kappa shape index (κ3) is 4.48. The zero-order valence-corrected chi connectivity index (χ0v) is 13.4. The Morgan fingerprint density at radius 3 is 2.00 bits per heavy atom. The topological polar surface area (TPSA) is 12.0 Å². The highest BCUT2D eigenvalue weighted by Crippen LogP contribution is 2.22. The summed E-state index contributed by atoms with van der Waals surface area (Å²) in [6.07, 6.45) is 4.29. The number of nitrogens with one attached hydrogen (secondary N) is 1. The summed E-state index contributed by atoms with van der Waals surface area (Å²) in [5, 5.41) is 4.32. The Morgan fingerprint density at radius 2 is 1.35 bits per heavy atom. The Labute approximate surface area is 142 Å². The molecule has 0 saturated carbocycles. The Balaban J connectivity index is 1.84. The van der Waals surface area contributed by atoms with Gasteiger partial charge in [-0.25, -0.2) is 0 Å². The summed E-state index contributed by atoms with van der Waals surface area (Å²) in [6, 6.07) is 28.6. The van der Waals surface area contributed by atoms with Crippen molar-refractivity contribution in [2.75, 3.05) is 5.32 Å². The SMILES string of the molecule is Clc1ccc(/C=C/C(Nc2ccccc2)c2ccccc2)cc1. The van der Waals surface area contributed by atoms with Gasteiger partial charge in [-0.2, -0.15) is 0 Å². The third-order valence-electron chi connectivity index (χ3n) is 3.61. The van der Waals surface area contributed by atoms with Crippen LogP contribution in [-0.2, 0) is 0 Å². The van der Waals surface area contributed by atoms with Crippen molar-refractivity contribution in [1.82, 2.24) is 0 Å². The largest absolute Gasteiger partial charge is 0.375 e. The van der Waals surface area contributed by atoms with Crippen LogP contribution in [0.1, 0.15) is 17.2 Å². The second kappa shape index (κ2) is 7.66. The lowest BCUT2D eigenvalue weighted by Crippen LogP contribution is -2.07. The Hall–Kier alpha value is -2.51. The normalized spacial score (nSPS) is 12.2. The highest BCUT2D eigenvalue weighted by Gasteiger charge is 2.07. The molecule has 0 aliphatic rings. The standard InChI is InChI=1S/C21H18ClN/c22-19-14-11-17(12-15-19)13-16-21(18-7-3-1-4-8-18)23-20-9-5-2-6-10-20/h1-16,21,23H/b16-13+. The van der Waals surface area contributed by atoms with Gasteiger partial charge in [-0.1, -0.05) is 84.4 Å². The minimum absolute atomic E-state index is 0.106. The molecule has 114 valence electrons. The van der Waals surface area contributed by atoms with E-state index in [1.54, 1.807) is 0 Å². The number of rotatable bonds is 5. The summed E-state index contributed by atoms with van der Waals surface area (Å²) in [5.74, 6) is 0. The van der Waals surface area contributed by atoms with Gasteiger partial charge in [0, 0.05) is 10.7 Å². The van der Waals surface area contributed by atoms with Gasteiger partial charge in [-0.15, -0.1) is 0 Å². The maximum Gasteiger partial charge on any atom is 0.0701 e. The summed E-state index contributed by atoms with van der Waals surface area (Å²) in [6.45, 7) is 0. The number of para-hydroxylation sites is 1. The Kier molecular flexibility index (Phi) is 5.13. The van der Waals surface area contributed by atoms with Gasteiger partial charge >= 0.3 is 0 Å². The van der Waals surface area contributed by atoms with Gasteiger partial charge in [0.25, 0.3) is 0 Å². The molecule has 0 aliphatic heterocycles. The van der Waals surface area contributed by atoms with E-state index in [0.29, 0.717) is 0 Å². The van der Waals surface area contributed by atoms with E-state index < -0.39 is 0 Å². The molecule has 0 saturated heterocycles. The van der Waals surface area contributed by atoms with Crippen LogP contribution in [-0.4, -0.2) is 0 Å². The summed E-state index contributed by atoms with van der Waals surface area (Å²) in [5.41, 5.74) is 3.45. The van der Waals surface area contributed by atoms with Crippen LogP contribution in [0.25, 0.3) is 6.08 Å². The summed E-state index contributed by atoms with van der Waals surface area (Å²) >= 11 is 5.94. The monoisotopic (exact) mass is 319 g/mol. The number of hydrogen-bond acceptors (Lipinski definition) is 1. The zero-order chi connectivity index (χ0) is 15.9. The molecule has 0 radical (unpaired) electrons. The van der Waals surface area contributed by atoms with Gasteiger partial charge in [-0.3, -0.25) is 0 Å². The molecule has 0 aliphatic carbocycles. The van der Waals surface area contributed by atoms with Crippen molar-refractivity contribution < 1.29 is 0 Å². The fraction of sp³-hybridized carbons (Fsp3) is 0.0476. The second-order valence-corrected chi connectivity index (χ2v) is 5.75. The van der Waals surface area contributed by atoms with Crippen molar-refractivity contribution in [3.8, 4) is 0 Å².